The molecular formula is C38H54N6O4. The summed E-state index contributed by atoms with van der Waals surface area (Å²) in [7, 11) is 0. The van der Waals surface area contributed by atoms with Crippen LogP contribution in [0.1, 0.15) is 92.2 Å². The molecule has 0 saturated carbocycles. The van der Waals surface area contributed by atoms with Gasteiger partial charge in [0.05, 0.1) is 0 Å². The van der Waals surface area contributed by atoms with Crippen LogP contribution in [0.2, 0.25) is 0 Å². The van der Waals surface area contributed by atoms with E-state index in [0.29, 0.717) is 37.3 Å². The summed E-state index contributed by atoms with van der Waals surface area (Å²) in [6, 6.07) is 14.3. The number of carbonyl (C=O) groups excluding carboxylic acids is 4. The quantitative estimate of drug-likeness (QED) is 0.265. The first kappa shape index (κ1) is 36.5. The van der Waals surface area contributed by atoms with Crippen molar-refractivity contribution >= 4 is 47.4 Å². The van der Waals surface area contributed by atoms with E-state index in [1.54, 1.807) is 9.80 Å². The molecule has 0 bridgehead atoms. The van der Waals surface area contributed by atoms with Crippen LogP contribution in [0.4, 0.5) is 21.0 Å². The third-order valence-corrected chi connectivity index (χ3v) is 9.09. The van der Waals surface area contributed by atoms with Gasteiger partial charge in [-0.1, -0.05) is 36.4 Å². The number of carbonyl (C=O) groups is 4. The summed E-state index contributed by atoms with van der Waals surface area (Å²) in [5.41, 5.74) is 3.31. The number of hydrogen-bond acceptors (Lipinski definition) is 4. The van der Waals surface area contributed by atoms with Crippen molar-refractivity contribution in [3.8, 4) is 0 Å². The topological polar surface area (TPSA) is 105 Å². The Morgan fingerprint density at radius 3 is 1.19 bits per heavy atom. The summed E-state index contributed by atoms with van der Waals surface area (Å²) in [5, 5.41) is 6.00. The lowest BCUT2D eigenvalue weighted by Crippen LogP contribution is -2.53. The predicted molar refractivity (Wildman–Crippen MR) is 194 cm³/mol. The van der Waals surface area contributed by atoms with Gasteiger partial charge in [-0.25, -0.2) is 9.59 Å². The Morgan fingerprint density at radius 2 is 0.896 bits per heavy atom. The number of amides is 6. The van der Waals surface area contributed by atoms with E-state index in [-0.39, 0.29) is 48.0 Å². The molecule has 2 heterocycles. The van der Waals surface area contributed by atoms with Gasteiger partial charge in [0.15, 0.2) is 0 Å². The molecule has 2 unspecified atom stereocenters. The lowest BCUT2D eigenvalue weighted by Gasteiger charge is -2.36. The second-order valence-electron chi connectivity index (χ2n) is 14.0. The Bertz CT molecular complexity index is 1330. The molecule has 48 heavy (non-hydrogen) atoms. The third-order valence-electron chi connectivity index (χ3n) is 9.09. The molecule has 10 heteroatoms. The van der Waals surface area contributed by atoms with Gasteiger partial charge in [-0.05, 0) is 116 Å². The number of anilines is 2. The van der Waals surface area contributed by atoms with Crippen LogP contribution in [0, 0.1) is 0 Å². The first-order valence-corrected chi connectivity index (χ1v) is 17.5. The number of hydrogen-bond donors (Lipinski definition) is 2. The van der Waals surface area contributed by atoms with Gasteiger partial charge in [0.25, 0.3) is 0 Å². The monoisotopic (exact) mass is 658 g/mol. The Hall–Kier alpha value is -4.34. The van der Waals surface area contributed by atoms with Gasteiger partial charge in [-0.15, -0.1) is 0 Å². The maximum Gasteiger partial charge on any atom is 0.321 e. The van der Waals surface area contributed by atoms with Crippen LogP contribution in [-0.4, -0.2) is 92.8 Å². The van der Waals surface area contributed by atoms with Crippen LogP contribution in [0.25, 0.3) is 12.2 Å². The molecule has 2 aromatic rings. The highest BCUT2D eigenvalue weighted by atomic mass is 16.2. The SMILES string of the molecule is CC(C)N(C(=O)N1CCCC1C(=O)Nc1ccc(/C=C/c2ccc(NC(=O)C3CCCN3C(=O)N(C(C)C)C(C)C)cc2)cc1)C(C)C. The van der Waals surface area contributed by atoms with Gasteiger partial charge in [0.2, 0.25) is 11.8 Å². The number of nitrogens with zero attached hydrogens (tertiary/aromatic N) is 4. The average Bonchev–Trinajstić information content (AvgIpc) is 3.72. The van der Waals surface area contributed by atoms with E-state index in [1.165, 1.54) is 0 Å². The van der Waals surface area contributed by atoms with E-state index >= 15 is 0 Å². The van der Waals surface area contributed by atoms with Crippen molar-refractivity contribution in [1.82, 2.24) is 19.6 Å². The lowest BCUT2D eigenvalue weighted by atomic mass is 10.1. The Kier molecular flexibility index (Phi) is 12.3. The Morgan fingerprint density at radius 1 is 0.583 bits per heavy atom. The van der Waals surface area contributed by atoms with Crippen molar-refractivity contribution < 1.29 is 19.2 Å². The first-order valence-electron chi connectivity index (χ1n) is 17.5. The molecule has 0 aromatic heterocycles. The molecule has 2 aliphatic rings. The zero-order valence-electron chi connectivity index (χ0n) is 29.9. The molecule has 2 fully saturated rings. The van der Waals surface area contributed by atoms with E-state index in [0.717, 1.165) is 24.0 Å². The van der Waals surface area contributed by atoms with Crippen LogP contribution >= 0.6 is 0 Å². The highest BCUT2D eigenvalue weighted by Crippen LogP contribution is 2.25. The van der Waals surface area contributed by atoms with Crippen molar-refractivity contribution in [2.75, 3.05) is 23.7 Å². The summed E-state index contributed by atoms with van der Waals surface area (Å²) in [4.78, 5) is 60.0. The van der Waals surface area contributed by atoms with Crippen molar-refractivity contribution in [2.45, 2.75) is 117 Å². The summed E-state index contributed by atoms with van der Waals surface area (Å²) < 4.78 is 0. The van der Waals surface area contributed by atoms with Crippen LogP contribution in [0.15, 0.2) is 48.5 Å². The summed E-state index contributed by atoms with van der Waals surface area (Å²) in [5.74, 6) is -0.326. The van der Waals surface area contributed by atoms with E-state index in [4.69, 9.17) is 0 Å². The normalized spacial score (nSPS) is 18.0. The second-order valence-corrected chi connectivity index (χ2v) is 14.0. The van der Waals surface area contributed by atoms with E-state index in [9.17, 15) is 19.2 Å². The highest BCUT2D eigenvalue weighted by Gasteiger charge is 2.39. The molecule has 2 aromatic carbocycles. The molecule has 10 nitrogen and oxygen atoms in total. The van der Waals surface area contributed by atoms with Gasteiger partial charge in [-0.2, -0.15) is 0 Å². The lowest BCUT2D eigenvalue weighted by molar-refractivity contribution is -0.120. The molecule has 2 aliphatic heterocycles. The van der Waals surface area contributed by atoms with Gasteiger partial charge < -0.3 is 30.2 Å². The van der Waals surface area contributed by atoms with Gasteiger partial charge in [0, 0.05) is 48.6 Å². The van der Waals surface area contributed by atoms with Crippen molar-refractivity contribution in [3.05, 3.63) is 59.7 Å². The minimum absolute atomic E-state index is 0.0540. The fourth-order valence-corrected chi connectivity index (χ4v) is 6.91. The van der Waals surface area contributed by atoms with Crippen molar-refractivity contribution in [3.63, 3.8) is 0 Å². The standard InChI is InChI=1S/C38H54N6O4/c1-25(2)43(26(3)4)37(47)41-23-9-11-33(41)35(45)39-31-19-15-29(16-20-31)13-14-30-17-21-32(22-18-30)40-36(46)34-12-10-24-42(34)38(48)44(27(5)6)28(7)8/h13-22,25-28,33-34H,9-12,23-24H2,1-8H3,(H,39,45)(H,40,46)/b14-13+. The minimum Gasteiger partial charge on any atom is -0.324 e. The number of nitrogens with one attached hydrogen (secondary N) is 2. The maximum absolute atomic E-state index is 13.3. The number of likely N-dealkylation sites (tertiary alicyclic amines) is 2. The second kappa shape index (κ2) is 16.2. The van der Waals surface area contributed by atoms with Crippen molar-refractivity contribution in [1.29, 1.82) is 0 Å². The van der Waals surface area contributed by atoms with Gasteiger partial charge >= 0.3 is 12.1 Å². The Labute approximate surface area is 286 Å². The fraction of sp³-hybridized carbons (Fsp3) is 0.526. The summed E-state index contributed by atoms with van der Waals surface area (Å²) >= 11 is 0. The molecule has 0 aliphatic carbocycles. The zero-order valence-corrected chi connectivity index (χ0v) is 29.9. The van der Waals surface area contributed by atoms with Crippen LogP contribution in [0.3, 0.4) is 0 Å². The summed E-state index contributed by atoms with van der Waals surface area (Å²) in [6.07, 6.45) is 6.89. The van der Waals surface area contributed by atoms with E-state index in [1.807, 2.05) is 126 Å². The molecule has 0 spiro atoms. The van der Waals surface area contributed by atoms with Gasteiger partial charge in [-0.3, -0.25) is 9.59 Å². The molecule has 6 amide bonds. The molecule has 2 atom stereocenters. The zero-order chi connectivity index (χ0) is 35.1. The molecule has 0 radical (unpaired) electrons. The first-order chi connectivity index (χ1) is 22.8. The van der Waals surface area contributed by atoms with Crippen LogP contribution in [-0.2, 0) is 9.59 Å². The predicted octanol–water partition coefficient (Wildman–Crippen LogP) is 7.14. The fourth-order valence-electron chi connectivity index (χ4n) is 6.91. The van der Waals surface area contributed by atoms with Crippen LogP contribution < -0.4 is 10.6 Å². The smallest absolute Gasteiger partial charge is 0.321 e. The molecular weight excluding hydrogens is 604 g/mol. The number of rotatable bonds is 10. The number of benzene rings is 2. The highest BCUT2D eigenvalue weighted by molar-refractivity contribution is 5.98. The maximum atomic E-state index is 13.3. The third kappa shape index (κ3) is 8.76. The molecule has 260 valence electrons. The summed E-state index contributed by atoms with van der Waals surface area (Å²) in [6.45, 7) is 17.2. The largest absolute Gasteiger partial charge is 0.324 e. The molecule has 2 saturated heterocycles. The van der Waals surface area contributed by atoms with Crippen LogP contribution in [0.5, 0.6) is 0 Å². The Balaban J connectivity index is 1.31. The average molecular weight is 659 g/mol. The van der Waals surface area contributed by atoms with Crippen molar-refractivity contribution in [2.24, 2.45) is 0 Å². The van der Waals surface area contributed by atoms with Gasteiger partial charge in [0.1, 0.15) is 12.1 Å². The molecule has 4 rings (SSSR count). The number of urea groups is 2. The molecule has 2 N–H and O–H groups in total. The minimum atomic E-state index is -0.482. The van der Waals surface area contributed by atoms with E-state index in [2.05, 4.69) is 10.6 Å². The van der Waals surface area contributed by atoms with E-state index < -0.39 is 12.1 Å².